The van der Waals surface area contributed by atoms with Gasteiger partial charge in [-0.3, -0.25) is 4.79 Å². The van der Waals surface area contributed by atoms with Gasteiger partial charge < -0.3 is 10.6 Å². The van der Waals surface area contributed by atoms with Gasteiger partial charge in [0.15, 0.2) is 0 Å². The van der Waals surface area contributed by atoms with Crippen molar-refractivity contribution < 1.29 is 4.79 Å². The maximum Gasteiger partial charge on any atom is 0.243 e. The minimum absolute atomic E-state index is 0.0458. The lowest BCUT2D eigenvalue weighted by Crippen LogP contribution is -2.22. The minimum atomic E-state index is -0.0458. The number of para-hydroxylation sites is 1. The van der Waals surface area contributed by atoms with Crippen molar-refractivity contribution in [3.05, 3.63) is 59.7 Å². The van der Waals surface area contributed by atoms with Gasteiger partial charge in [0, 0.05) is 11.4 Å². The first-order valence-corrected chi connectivity index (χ1v) is 7.25. The maximum atomic E-state index is 11.9. The highest BCUT2D eigenvalue weighted by atomic mass is 16.1. The number of hydrogen-bond donors (Lipinski definition) is 2. The second kappa shape index (κ2) is 6.93. The maximum absolute atomic E-state index is 11.9. The third-order valence-electron chi connectivity index (χ3n) is 3.45. The zero-order chi connectivity index (χ0) is 15.2. The fraction of sp³-hybridized carbons (Fsp3) is 0.278. The Hall–Kier alpha value is -2.29. The van der Waals surface area contributed by atoms with Crippen molar-refractivity contribution in [3.8, 4) is 0 Å². The lowest BCUT2D eigenvalue weighted by molar-refractivity contribution is -0.114. The Labute approximate surface area is 126 Å². The van der Waals surface area contributed by atoms with Crippen LogP contribution in [-0.4, -0.2) is 12.5 Å². The van der Waals surface area contributed by atoms with Crippen LogP contribution in [0.4, 0.5) is 11.4 Å². The van der Waals surface area contributed by atoms with E-state index in [-0.39, 0.29) is 12.5 Å². The summed E-state index contributed by atoms with van der Waals surface area (Å²) in [5.74, 6) is 0.452. The highest BCUT2D eigenvalue weighted by Crippen LogP contribution is 2.17. The number of anilines is 2. The van der Waals surface area contributed by atoms with Crippen molar-refractivity contribution in [3.63, 3.8) is 0 Å². The van der Waals surface area contributed by atoms with Gasteiger partial charge >= 0.3 is 0 Å². The van der Waals surface area contributed by atoms with E-state index in [4.69, 9.17) is 0 Å². The summed E-state index contributed by atoms with van der Waals surface area (Å²) in [5.41, 5.74) is 4.22. The number of rotatable bonds is 5. The summed E-state index contributed by atoms with van der Waals surface area (Å²) in [6.07, 6.45) is 0. The zero-order valence-corrected chi connectivity index (χ0v) is 12.8. The van der Waals surface area contributed by atoms with Crippen LogP contribution in [0, 0.1) is 6.92 Å². The summed E-state index contributed by atoms with van der Waals surface area (Å²) in [4.78, 5) is 11.9. The summed E-state index contributed by atoms with van der Waals surface area (Å²) in [6.45, 7) is 6.58. The number of carbonyl (C=O) groups excluding carboxylic acids is 1. The van der Waals surface area contributed by atoms with Gasteiger partial charge in [0.25, 0.3) is 0 Å². The smallest absolute Gasteiger partial charge is 0.243 e. The average Bonchev–Trinajstić information content (AvgIpc) is 2.47. The van der Waals surface area contributed by atoms with Crippen LogP contribution < -0.4 is 10.6 Å². The van der Waals surface area contributed by atoms with Crippen molar-refractivity contribution in [2.45, 2.75) is 26.7 Å². The van der Waals surface area contributed by atoms with E-state index in [1.165, 1.54) is 5.56 Å². The first-order valence-electron chi connectivity index (χ1n) is 7.25. The Morgan fingerprint density at radius 3 is 2.33 bits per heavy atom. The molecule has 0 radical (unpaired) electrons. The molecule has 0 heterocycles. The molecular weight excluding hydrogens is 260 g/mol. The largest absolute Gasteiger partial charge is 0.376 e. The standard InChI is InChI=1S/C18H22N2O/c1-13(2)15-8-10-16(11-9-15)20-18(21)12-19-17-7-5-4-6-14(17)3/h4-11,13,19H,12H2,1-3H3,(H,20,21). The molecule has 2 rings (SSSR count). The third-order valence-corrected chi connectivity index (χ3v) is 3.45. The molecule has 2 aromatic carbocycles. The van der Waals surface area contributed by atoms with Crippen LogP contribution in [0.3, 0.4) is 0 Å². The molecule has 3 heteroatoms. The van der Waals surface area contributed by atoms with Crippen molar-refractivity contribution in [1.29, 1.82) is 0 Å². The monoisotopic (exact) mass is 282 g/mol. The number of hydrogen-bond acceptors (Lipinski definition) is 2. The molecule has 2 aromatic rings. The molecule has 3 nitrogen and oxygen atoms in total. The molecule has 0 aliphatic rings. The van der Waals surface area contributed by atoms with E-state index in [1.54, 1.807) is 0 Å². The predicted molar refractivity (Wildman–Crippen MR) is 88.8 cm³/mol. The number of aryl methyl sites for hydroxylation is 1. The summed E-state index contributed by atoms with van der Waals surface area (Å²) in [5, 5.41) is 6.05. The van der Waals surface area contributed by atoms with Gasteiger partial charge in [-0.25, -0.2) is 0 Å². The molecule has 0 saturated carbocycles. The number of nitrogens with one attached hydrogen (secondary N) is 2. The van der Waals surface area contributed by atoms with Crippen molar-refractivity contribution >= 4 is 17.3 Å². The van der Waals surface area contributed by atoms with Crippen LogP contribution in [0.1, 0.15) is 30.9 Å². The highest BCUT2D eigenvalue weighted by Gasteiger charge is 2.04. The summed E-state index contributed by atoms with van der Waals surface area (Å²) >= 11 is 0. The second-order valence-electron chi connectivity index (χ2n) is 5.49. The first kappa shape index (κ1) is 15.1. The minimum Gasteiger partial charge on any atom is -0.376 e. The summed E-state index contributed by atoms with van der Waals surface area (Å²) in [6, 6.07) is 15.9. The quantitative estimate of drug-likeness (QED) is 0.864. The van der Waals surface area contributed by atoms with E-state index in [0.29, 0.717) is 5.92 Å². The Morgan fingerprint density at radius 2 is 1.71 bits per heavy atom. The van der Waals surface area contributed by atoms with Gasteiger partial charge in [0.05, 0.1) is 6.54 Å². The topological polar surface area (TPSA) is 41.1 Å². The predicted octanol–water partition coefficient (Wildman–Crippen LogP) is 4.17. The van der Waals surface area contributed by atoms with Crippen LogP contribution in [-0.2, 0) is 4.79 Å². The fourth-order valence-electron chi connectivity index (χ4n) is 2.10. The summed E-state index contributed by atoms with van der Waals surface area (Å²) in [7, 11) is 0. The summed E-state index contributed by atoms with van der Waals surface area (Å²) < 4.78 is 0. The van der Waals surface area contributed by atoms with Crippen LogP contribution in [0.25, 0.3) is 0 Å². The lowest BCUT2D eigenvalue weighted by atomic mass is 10.0. The van der Waals surface area contributed by atoms with Crippen molar-refractivity contribution in [1.82, 2.24) is 0 Å². The van der Waals surface area contributed by atoms with Gasteiger partial charge in [-0.05, 0) is 42.2 Å². The van der Waals surface area contributed by atoms with Gasteiger partial charge in [0.2, 0.25) is 5.91 Å². The molecule has 0 aromatic heterocycles. The molecule has 0 spiro atoms. The molecule has 110 valence electrons. The van der Waals surface area contributed by atoms with E-state index >= 15 is 0 Å². The molecule has 0 fully saturated rings. The molecule has 21 heavy (non-hydrogen) atoms. The van der Waals surface area contributed by atoms with Crippen LogP contribution >= 0.6 is 0 Å². The average molecular weight is 282 g/mol. The van der Waals surface area contributed by atoms with Gasteiger partial charge in [-0.1, -0.05) is 44.2 Å². The SMILES string of the molecule is Cc1ccccc1NCC(=O)Nc1ccc(C(C)C)cc1. The molecule has 2 N–H and O–H groups in total. The Balaban J connectivity index is 1.88. The molecule has 0 bridgehead atoms. The van der Waals surface area contributed by atoms with Gasteiger partial charge in [-0.2, -0.15) is 0 Å². The molecular formula is C18H22N2O. The molecule has 0 aliphatic heterocycles. The van der Waals surface area contributed by atoms with E-state index < -0.39 is 0 Å². The van der Waals surface area contributed by atoms with E-state index in [2.05, 4.69) is 36.6 Å². The zero-order valence-electron chi connectivity index (χ0n) is 12.8. The first-order chi connectivity index (χ1) is 10.1. The third kappa shape index (κ3) is 4.35. The fourth-order valence-corrected chi connectivity index (χ4v) is 2.10. The lowest BCUT2D eigenvalue weighted by Gasteiger charge is -2.11. The van der Waals surface area contributed by atoms with E-state index in [9.17, 15) is 4.79 Å². The van der Waals surface area contributed by atoms with Crippen LogP contribution in [0.5, 0.6) is 0 Å². The molecule has 0 aliphatic carbocycles. The van der Waals surface area contributed by atoms with Gasteiger partial charge in [0.1, 0.15) is 0 Å². The molecule has 0 unspecified atom stereocenters. The van der Waals surface area contributed by atoms with Gasteiger partial charge in [-0.15, -0.1) is 0 Å². The second-order valence-corrected chi connectivity index (χ2v) is 5.49. The molecule has 1 amide bonds. The van der Waals surface area contributed by atoms with Crippen molar-refractivity contribution in [2.24, 2.45) is 0 Å². The number of benzene rings is 2. The van der Waals surface area contributed by atoms with Crippen LogP contribution in [0.2, 0.25) is 0 Å². The normalized spacial score (nSPS) is 10.5. The molecule has 0 atom stereocenters. The van der Waals surface area contributed by atoms with E-state index in [0.717, 1.165) is 16.9 Å². The Morgan fingerprint density at radius 1 is 1.05 bits per heavy atom. The number of carbonyl (C=O) groups is 1. The Kier molecular flexibility index (Phi) is 4.99. The van der Waals surface area contributed by atoms with Crippen LogP contribution in [0.15, 0.2) is 48.5 Å². The highest BCUT2D eigenvalue weighted by molar-refractivity contribution is 5.93. The Bertz CT molecular complexity index is 603. The molecule has 0 saturated heterocycles. The number of amides is 1. The van der Waals surface area contributed by atoms with E-state index in [1.807, 2.05) is 43.3 Å². The van der Waals surface area contributed by atoms with Crippen molar-refractivity contribution in [2.75, 3.05) is 17.2 Å².